The lowest BCUT2D eigenvalue weighted by Gasteiger charge is -2.48. The van der Waals surface area contributed by atoms with Crippen molar-refractivity contribution in [2.24, 2.45) is 5.73 Å². The maximum atomic E-state index is 15.1. The number of hydrogen-bond donors (Lipinski definition) is 3. The lowest BCUT2D eigenvalue weighted by atomic mass is 9.87. The summed E-state index contributed by atoms with van der Waals surface area (Å²) in [6.45, 7) is 2.50. The summed E-state index contributed by atoms with van der Waals surface area (Å²) in [7, 11) is 1.56. The van der Waals surface area contributed by atoms with Crippen LogP contribution in [0.2, 0.25) is 10.0 Å². The van der Waals surface area contributed by atoms with E-state index in [0.29, 0.717) is 45.7 Å². The van der Waals surface area contributed by atoms with Gasteiger partial charge in [0.15, 0.2) is 11.6 Å². The van der Waals surface area contributed by atoms with Crippen LogP contribution in [0, 0.1) is 5.82 Å². The number of nitrogens with one attached hydrogen (secondary N) is 2. The predicted molar refractivity (Wildman–Crippen MR) is 140 cm³/mol. The first kappa shape index (κ1) is 25.2. The summed E-state index contributed by atoms with van der Waals surface area (Å²) in [6.07, 6.45) is 4.32. The van der Waals surface area contributed by atoms with E-state index in [1.165, 1.54) is 18.5 Å². The van der Waals surface area contributed by atoms with Crippen LogP contribution in [-0.2, 0) is 4.79 Å². The Labute approximate surface area is 222 Å². The summed E-state index contributed by atoms with van der Waals surface area (Å²) < 4.78 is 21.2. The number of anilines is 1. The molecule has 4 aromatic rings. The number of aromatic nitrogens is 4. The van der Waals surface area contributed by atoms with Gasteiger partial charge in [-0.2, -0.15) is 5.10 Å². The van der Waals surface area contributed by atoms with Crippen molar-refractivity contribution in [3.63, 3.8) is 0 Å². The molecule has 1 saturated heterocycles. The number of nitrogens with zero attached hydrogens (tertiary/aromatic N) is 4. The van der Waals surface area contributed by atoms with Gasteiger partial charge in [0.25, 0.3) is 0 Å². The van der Waals surface area contributed by atoms with E-state index in [1.807, 2.05) is 19.1 Å². The number of amides is 1. The van der Waals surface area contributed by atoms with E-state index in [0.717, 1.165) is 10.9 Å². The number of carbonyl (C=O) groups excluding carboxylic acids is 1. The van der Waals surface area contributed by atoms with Crippen LogP contribution in [-0.4, -0.2) is 51.7 Å². The Kier molecular flexibility index (Phi) is 6.65. The standard InChI is InChI=1S/C25H24Cl2FN7O2/c1-13(22-17(26)9-31-10-18(22)27)37-15-3-4-20-16(6-15)23(34-33-20)14-5-19(28)24(32-8-14)35-11-25(29,12-35)7-21(36)30-2/h3-6,8-10,13H,7,11-12,29H2,1-2H3,(H,30,36)(H,33,34)/t13-/m1/s1. The minimum atomic E-state index is -0.705. The molecule has 4 N–H and O–H groups in total. The lowest BCUT2D eigenvalue weighted by Crippen LogP contribution is -2.69. The molecule has 0 saturated carbocycles. The first-order chi connectivity index (χ1) is 17.7. The van der Waals surface area contributed by atoms with Gasteiger partial charge in [0.1, 0.15) is 17.5 Å². The molecule has 0 radical (unpaired) electrons. The van der Waals surface area contributed by atoms with Crippen LogP contribution < -0.4 is 20.7 Å². The van der Waals surface area contributed by atoms with Crippen LogP contribution in [0.15, 0.2) is 42.9 Å². The van der Waals surface area contributed by atoms with Crippen molar-refractivity contribution in [3.05, 3.63) is 64.3 Å². The highest BCUT2D eigenvalue weighted by Crippen LogP contribution is 2.36. The minimum Gasteiger partial charge on any atom is -0.486 e. The third-order valence-electron chi connectivity index (χ3n) is 6.34. The maximum absolute atomic E-state index is 15.1. The van der Waals surface area contributed by atoms with Gasteiger partial charge in [-0.05, 0) is 31.2 Å². The molecule has 1 fully saturated rings. The van der Waals surface area contributed by atoms with Gasteiger partial charge >= 0.3 is 0 Å². The number of carbonyl (C=O) groups is 1. The average molecular weight is 544 g/mol. The smallest absolute Gasteiger partial charge is 0.221 e. The van der Waals surface area contributed by atoms with Crippen LogP contribution in [0.1, 0.15) is 25.0 Å². The van der Waals surface area contributed by atoms with Gasteiger partial charge in [-0.3, -0.25) is 14.9 Å². The SMILES string of the molecule is CNC(=O)CC1(N)CN(c2ncc(-c3n[nH]c4ccc(O[C@H](C)c5c(Cl)cncc5Cl)cc34)cc2F)C1. The quantitative estimate of drug-likeness (QED) is 0.318. The fourth-order valence-electron chi connectivity index (χ4n) is 4.54. The second kappa shape index (κ2) is 9.77. The molecule has 5 rings (SSSR count). The van der Waals surface area contributed by atoms with E-state index in [2.05, 4.69) is 25.5 Å². The monoisotopic (exact) mass is 543 g/mol. The zero-order chi connectivity index (χ0) is 26.3. The molecule has 1 aromatic carbocycles. The molecule has 0 aliphatic carbocycles. The van der Waals surface area contributed by atoms with E-state index in [9.17, 15) is 4.79 Å². The highest BCUT2D eigenvalue weighted by molar-refractivity contribution is 6.35. The number of pyridine rings is 2. The number of halogens is 3. The Morgan fingerprint density at radius 2 is 2.00 bits per heavy atom. The first-order valence-electron chi connectivity index (χ1n) is 11.5. The Morgan fingerprint density at radius 3 is 2.68 bits per heavy atom. The molecule has 3 aromatic heterocycles. The van der Waals surface area contributed by atoms with Crippen LogP contribution >= 0.6 is 23.2 Å². The van der Waals surface area contributed by atoms with E-state index in [4.69, 9.17) is 33.7 Å². The first-order valence-corrected chi connectivity index (χ1v) is 12.3. The number of rotatable bonds is 7. The molecule has 0 spiro atoms. The molecule has 9 nitrogen and oxygen atoms in total. The number of H-pyrrole nitrogens is 1. The maximum Gasteiger partial charge on any atom is 0.221 e. The second-order valence-electron chi connectivity index (χ2n) is 9.15. The Bertz CT molecular complexity index is 1470. The number of ether oxygens (including phenoxy) is 1. The molecular weight excluding hydrogens is 520 g/mol. The van der Waals surface area contributed by atoms with Crippen LogP contribution in [0.4, 0.5) is 10.2 Å². The fraction of sp³-hybridized carbons (Fsp3) is 0.280. The Morgan fingerprint density at radius 1 is 1.27 bits per heavy atom. The molecule has 1 amide bonds. The van der Waals surface area contributed by atoms with Gasteiger partial charge in [-0.15, -0.1) is 0 Å². The molecule has 12 heteroatoms. The van der Waals surface area contributed by atoms with Gasteiger partial charge in [0.05, 0.1) is 21.1 Å². The molecule has 1 aliphatic heterocycles. The van der Waals surface area contributed by atoms with Crippen LogP contribution in [0.3, 0.4) is 0 Å². The molecular formula is C25H24Cl2FN7O2. The number of fused-ring (bicyclic) bond motifs is 1. The topological polar surface area (TPSA) is 122 Å². The van der Waals surface area contributed by atoms with Gasteiger partial charge in [0, 0.05) is 61.7 Å². The summed E-state index contributed by atoms with van der Waals surface area (Å²) in [6, 6.07) is 6.83. The number of aromatic amines is 1. The van der Waals surface area contributed by atoms with Gasteiger partial charge in [-0.1, -0.05) is 23.2 Å². The van der Waals surface area contributed by atoms with E-state index in [1.54, 1.807) is 24.2 Å². The van der Waals surface area contributed by atoms with Crippen molar-refractivity contribution < 1.29 is 13.9 Å². The van der Waals surface area contributed by atoms with E-state index >= 15 is 4.39 Å². The van der Waals surface area contributed by atoms with Crippen molar-refractivity contribution in [2.75, 3.05) is 25.0 Å². The highest BCUT2D eigenvalue weighted by atomic mass is 35.5. The molecule has 0 bridgehead atoms. The zero-order valence-corrected chi connectivity index (χ0v) is 21.6. The third-order valence-corrected chi connectivity index (χ3v) is 6.94. The third kappa shape index (κ3) is 4.92. The molecule has 192 valence electrons. The largest absolute Gasteiger partial charge is 0.486 e. The van der Waals surface area contributed by atoms with Crippen molar-refractivity contribution in [2.45, 2.75) is 25.0 Å². The van der Waals surface area contributed by atoms with Crippen molar-refractivity contribution in [3.8, 4) is 17.0 Å². The number of benzene rings is 1. The zero-order valence-electron chi connectivity index (χ0n) is 20.1. The van der Waals surface area contributed by atoms with Crippen molar-refractivity contribution >= 4 is 45.8 Å². The van der Waals surface area contributed by atoms with Crippen molar-refractivity contribution in [1.29, 1.82) is 0 Å². The lowest BCUT2D eigenvalue weighted by molar-refractivity contribution is -0.122. The van der Waals surface area contributed by atoms with E-state index in [-0.39, 0.29) is 18.1 Å². The number of hydrogen-bond acceptors (Lipinski definition) is 7. The summed E-state index contributed by atoms with van der Waals surface area (Å²) in [4.78, 5) is 21.7. The van der Waals surface area contributed by atoms with Gasteiger partial charge in [-0.25, -0.2) is 9.37 Å². The average Bonchev–Trinajstić information content (AvgIpc) is 3.25. The summed E-state index contributed by atoms with van der Waals surface area (Å²) in [5, 5.41) is 11.5. The fourth-order valence-corrected chi connectivity index (χ4v) is 5.21. The van der Waals surface area contributed by atoms with Crippen LogP contribution in [0.5, 0.6) is 5.75 Å². The predicted octanol–water partition coefficient (Wildman–Crippen LogP) is 4.26. The normalized spacial score (nSPS) is 15.4. The van der Waals surface area contributed by atoms with Crippen LogP contribution in [0.25, 0.3) is 22.2 Å². The molecule has 1 atom stereocenters. The molecule has 0 unspecified atom stereocenters. The Balaban J connectivity index is 1.37. The Hall–Kier alpha value is -3.47. The number of nitrogens with two attached hydrogens (primary N) is 1. The van der Waals surface area contributed by atoms with Gasteiger partial charge < -0.3 is 20.7 Å². The summed E-state index contributed by atoms with van der Waals surface area (Å²) in [5.74, 6) is 0.0952. The van der Waals surface area contributed by atoms with Gasteiger partial charge in [0.2, 0.25) is 5.91 Å². The van der Waals surface area contributed by atoms with Crippen molar-refractivity contribution in [1.82, 2.24) is 25.5 Å². The summed E-state index contributed by atoms with van der Waals surface area (Å²) in [5.41, 5.74) is 7.95. The highest BCUT2D eigenvalue weighted by Gasteiger charge is 2.42. The second-order valence-corrected chi connectivity index (χ2v) is 9.97. The summed E-state index contributed by atoms with van der Waals surface area (Å²) >= 11 is 12.5. The van der Waals surface area contributed by atoms with E-state index < -0.39 is 17.5 Å². The molecule has 1 aliphatic rings. The molecule has 37 heavy (non-hydrogen) atoms. The molecule has 4 heterocycles. The minimum absolute atomic E-state index is 0.152.